The van der Waals surface area contributed by atoms with Crippen LogP contribution in [0, 0.1) is 6.92 Å². The van der Waals surface area contributed by atoms with Gasteiger partial charge in [-0.2, -0.15) is 15.0 Å². The molecular weight excluding hydrogens is 358 g/mol. The molecule has 1 N–H and O–H groups in total. The van der Waals surface area contributed by atoms with E-state index >= 15 is 0 Å². The number of aliphatic hydroxyl groups excluding tert-OH is 1. The fourth-order valence-electron chi connectivity index (χ4n) is 3.47. The molecule has 28 heavy (non-hydrogen) atoms. The first kappa shape index (κ1) is 20.2. The summed E-state index contributed by atoms with van der Waals surface area (Å²) in [5.41, 5.74) is 0. The number of hydrogen-bond acceptors (Lipinski definition) is 9. The van der Waals surface area contributed by atoms with E-state index in [0.29, 0.717) is 23.6 Å². The van der Waals surface area contributed by atoms with Crippen LogP contribution < -0.4 is 14.5 Å². The summed E-state index contributed by atoms with van der Waals surface area (Å²) >= 11 is 0. The zero-order valence-corrected chi connectivity index (χ0v) is 17.4. The maximum atomic E-state index is 9.77. The SMILES string of the molecule is Cc1nc(OC(C)C)nc(N2[C@H](C)CN(c3ccnc([C@H](C)O)n3)C[C@@H]2C)n1. The zero-order valence-electron chi connectivity index (χ0n) is 17.4. The van der Waals surface area contributed by atoms with Crippen molar-refractivity contribution in [3.63, 3.8) is 0 Å². The Morgan fingerprint density at radius 2 is 1.75 bits per heavy atom. The largest absolute Gasteiger partial charge is 0.461 e. The molecule has 1 aliphatic heterocycles. The predicted octanol–water partition coefficient (Wildman–Crippen LogP) is 1.91. The molecule has 0 radical (unpaired) electrons. The molecule has 0 saturated carbocycles. The van der Waals surface area contributed by atoms with E-state index in [4.69, 9.17) is 4.74 Å². The van der Waals surface area contributed by atoms with Gasteiger partial charge < -0.3 is 19.6 Å². The maximum Gasteiger partial charge on any atom is 0.321 e. The molecule has 0 bridgehead atoms. The van der Waals surface area contributed by atoms with Gasteiger partial charge in [0.15, 0.2) is 5.82 Å². The fraction of sp³-hybridized carbons (Fsp3) is 0.632. The van der Waals surface area contributed by atoms with Crippen LogP contribution in [0.25, 0.3) is 0 Å². The Hall–Kier alpha value is -2.55. The van der Waals surface area contributed by atoms with Gasteiger partial charge in [0.2, 0.25) is 5.95 Å². The van der Waals surface area contributed by atoms with Crippen LogP contribution in [-0.4, -0.2) is 61.3 Å². The number of hydrogen-bond donors (Lipinski definition) is 1. The van der Waals surface area contributed by atoms with Gasteiger partial charge in [0.05, 0.1) is 6.10 Å². The van der Waals surface area contributed by atoms with Gasteiger partial charge >= 0.3 is 6.01 Å². The maximum absolute atomic E-state index is 9.77. The third-order valence-corrected chi connectivity index (χ3v) is 4.56. The predicted molar refractivity (Wildman–Crippen MR) is 107 cm³/mol. The van der Waals surface area contributed by atoms with Crippen LogP contribution in [0.2, 0.25) is 0 Å². The molecule has 2 aromatic rings. The van der Waals surface area contributed by atoms with Crippen molar-refractivity contribution in [3.05, 3.63) is 23.9 Å². The van der Waals surface area contributed by atoms with Crippen LogP contribution in [0.15, 0.2) is 12.3 Å². The van der Waals surface area contributed by atoms with Crippen molar-refractivity contribution in [1.82, 2.24) is 24.9 Å². The van der Waals surface area contributed by atoms with Gasteiger partial charge in [0, 0.05) is 31.4 Å². The zero-order chi connectivity index (χ0) is 20.4. The highest BCUT2D eigenvalue weighted by atomic mass is 16.5. The number of aromatic nitrogens is 5. The van der Waals surface area contributed by atoms with Gasteiger partial charge in [0.25, 0.3) is 0 Å². The lowest BCUT2D eigenvalue weighted by Crippen LogP contribution is -2.58. The van der Waals surface area contributed by atoms with Crippen molar-refractivity contribution < 1.29 is 9.84 Å². The molecule has 1 fully saturated rings. The first-order valence-corrected chi connectivity index (χ1v) is 9.68. The standard InChI is InChI=1S/C19H29N7O2/c1-11(2)28-19-22-15(6)21-18(24-19)26-12(3)9-25(10-13(26)4)16-7-8-20-17(23-16)14(5)27/h7-8,11-14,27H,9-10H2,1-6H3/t12-,13+,14-/m0/s1. The minimum absolute atomic E-state index is 0.00206. The second-order valence-electron chi connectivity index (χ2n) is 7.59. The molecule has 3 heterocycles. The molecule has 152 valence electrons. The lowest BCUT2D eigenvalue weighted by Gasteiger charge is -2.44. The Balaban J connectivity index is 1.82. The van der Waals surface area contributed by atoms with Crippen molar-refractivity contribution >= 4 is 11.8 Å². The second kappa shape index (κ2) is 8.22. The van der Waals surface area contributed by atoms with Gasteiger partial charge in [0.1, 0.15) is 17.7 Å². The average molecular weight is 387 g/mol. The van der Waals surface area contributed by atoms with E-state index in [1.807, 2.05) is 26.8 Å². The molecule has 0 aromatic carbocycles. The summed E-state index contributed by atoms with van der Waals surface area (Å²) in [4.78, 5) is 26.4. The molecular formula is C19H29N7O2. The van der Waals surface area contributed by atoms with E-state index in [0.717, 1.165) is 18.9 Å². The smallest absolute Gasteiger partial charge is 0.321 e. The van der Waals surface area contributed by atoms with Gasteiger partial charge in [-0.3, -0.25) is 0 Å². The van der Waals surface area contributed by atoms with Gasteiger partial charge in [-0.25, -0.2) is 9.97 Å². The van der Waals surface area contributed by atoms with Crippen LogP contribution >= 0.6 is 0 Å². The number of aliphatic hydroxyl groups is 1. The first-order chi connectivity index (χ1) is 13.2. The highest BCUT2D eigenvalue weighted by molar-refractivity contribution is 5.45. The molecule has 9 nitrogen and oxygen atoms in total. The molecule has 1 saturated heterocycles. The quantitative estimate of drug-likeness (QED) is 0.824. The normalized spacial score (nSPS) is 21.1. The van der Waals surface area contributed by atoms with E-state index < -0.39 is 6.10 Å². The number of aryl methyl sites for hydroxylation is 1. The Morgan fingerprint density at radius 1 is 1.07 bits per heavy atom. The van der Waals surface area contributed by atoms with Crippen molar-refractivity contribution in [2.45, 2.75) is 65.8 Å². The van der Waals surface area contributed by atoms with Crippen molar-refractivity contribution in [2.24, 2.45) is 0 Å². The summed E-state index contributed by atoms with van der Waals surface area (Å²) in [5, 5.41) is 9.77. The summed E-state index contributed by atoms with van der Waals surface area (Å²) in [6, 6.07) is 2.55. The van der Waals surface area contributed by atoms with Gasteiger partial charge in [-0.05, 0) is 47.6 Å². The second-order valence-corrected chi connectivity index (χ2v) is 7.59. The van der Waals surface area contributed by atoms with E-state index in [1.165, 1.54) is 0 Å². The Morgan fingerprint density at radius 3 is 2.36 bits per heavy atom. The topological polar surface area (TPSA) is 100 Å². The summed E-state index contributed by atoms with van der Waals surface area (Å²) in [5.74, 6) is 2.53. The summed E-state index contributed by atoms with van der Waals surface area (Å²) in [7, 11) is 0. The van der Waals surface area contributed by atoms with Crippen LogP contribution in [-0.2, 0) is 0 Å². The van der Waals surface area contributed by atoms with Crippen LogP contribution in [0.3, 0.4) is 0 Å². The number of nitrogens with zero attached hydrogens (tertiary/aromatic N) is 7. The van der Waals surface area contributed by atoms with E-state index in [-0.39, 0.29) is 18.2 Å². The van der Waals surface area contributed by atoms with Crippen LogP contribution in [0.4, 0.5) is 11.8 Å². The highest BCUT2D eigenvalue weighted by Crippen LogP contribution is 2.26. The minimum atomic E-state index is -0.691. The molecule has 9 heteroatoms. The molecule has 3 atom stereocenters. The fourth-order valence-corrected chi connectivity index (χ4v) is 3.47. The lowest BCUT2D eigenvalue weighted by molar-refractivity contribution is 0.189. The average Bonchev–Trinajstić information content (AvgIpc) is 2.60. The minimum Gasteiger partial charge on any atom is -0.461 e. The van der Waals surface area contributed by atoms with E-state index in [9.17, 15) is 5.11 Å². The van der Waals surface area contributed by atoms with Crippen LogP contribution in [0.1, 0.15) is 52.4 Å². The van der Waals surface area contributed by atoms with E-state index in [2.05, 4.69) is 48.6 Å². The molecule has 0 aliphatic carbocycles. The highest BCUT2D eigenvalue weighted by Gasteiger charge is 2.32. The monoisotopic (exact) mass is 387 g/mol. The molecule has 3 rings (SSSR count). The van der Waals surface area contributed by atoms with Crippen molar-refractivity contribution in [3.8, 4) is 6.01 Å². The molecule has 0 spiro atoms. The molecule has 1 aliphatic rings. The van der Waals surface area contributed by atoms with Crippen molar-refractivity contribution in [2.75, 3.05) is 22.9 Å². The van der Waals surface area contributed by atoms with Crippen molar-refractivity contribution in [1.29, 1.82) is 0 Å². The number of ether oxygens (including phenoxy) is 1. The van der Waals surface area contributed by atoms with Crippen LogP contribution in [0.5, 0.6) is 6.01 Å². The van der Waals surface area contributed by atoms with Gasteiger partial charge in [-0.15, -0.1) is 0 Å². The van der Waals surface area contributed by atoms with Gasteiger partial charge in [-0.1, -0.05) is 0 Å². The first-order valence-electron chi connectivity index (χ1n) is 9.68. The lowest BCUT2D eigenvalue weighted by atomic mass is 10.1. The number of piperazine rings is 1. The summed E-state index contributed by atoms with van der Waals surface area (Å²) in [6.07, 6.45) is 1.00. The summed E-state index contributed by atoms with van der Waals surface area (Å²) < 4.78 is 5.68. The number of anilines is 2. The van der Waals surface area contributed by atoms with E-state index in [1.54, 1.807) is 13.1 Å². The Kier molecular flexibility index (Phi) is 5.93. The third kappa shape index (κ3) is 4.46. The molecule has 2 aromatic heterocycles. The molecule has 0 amide bonds. The third-order valence-electron chi connectivity index (χ3n) is 4.56. The Labute approximate surface area is 165 Å². The molecule has 0 unspecified atom stereocenters. The Bertz CT molecular complexity index is 803. The summed E-state index contributed by atoms with van der Waals surface area (Å²) in [6.45, 7) is 13.2. The number of rotatable bonds is 5.